The Balaban J connectivity index is 2.03. The molecule has 0 aromatic heterocycles. The molecule has 1 N–H and O–H groups in total. The van der Waals surface area contributed by atoms with E-state index >= 15 is 0 Å². The van der Waals surface area contributed by atoms with Gasteiger partial charge in [0, 0.05) is 34.2 Å². The van der Waals surface area contributed by atoms with Gasteiger partial charge >= 0.3 is 12.4 Å². The van der Waals surface area contributed by atoms with E-state index in [1.54, 1.807) is 0 Å². The number of alkyl halides is 6. The summed E-state index contributed by atoms with van der Waals surface area (Å²) in [6.45, 7) is -3.24. The molecule has 0 spiro atoms. The second-order valence-electron chi connectivity index (χ2n) is 7.49. The molecule has 0 saturated carbocycles. The number of benzene rings is 3. The second kappa shape index (κ2) is 8.82. The van der Waals surface area contributed by atoms with Crippen LogP contribution in [0.4, 0.5) is 45.2 Å². The lowest BCUT2D eigenvalue weighted by molar-refractivity contribution is -0.118. The van der Waals surface area contributed by atoms with Gasteiger partial charge in [0.05, 0.1) is 11.0 Å². The van der Waals surface area contributed by atoms with Gasteiger partial charge in [0.15, 0.2) is 0 Å². The smallest absolute Gasteiger partial charge is 0.407 e. The normalized spacial score (nSPS) is 13.1. The number of rotatable bonds is 4. The molecule has 0 bridgehead atoms. The lowest BCUT2D eigenvalue weighted by Crippen LogP contribution is -2.21. The van der Waals surface area contributed by atoms with E-state index in [0.29, 0.717) is 0 Å². The quantitative estimate of drug-likeness (QED) is 0.239. The molecule has 0 amide bonds. The fourth-order valence-corrected chi connectivity index (χ4v) is 3.50. The van der Waals surface area contributed by atoms with Crippen LogP contribution >= 0.6 is 0 Å². The third kappa shape index (κ3) is 5.36. The van der Waals surface area contributed by atoms with E-state index in [0.717, 1.165) is 30.3 Å². The minimum Gasteiger partial charge on any atom is -0.456 e. The summed E-state index contributed by atoms with van der Waals surface area (Å²) in [6.07, 6.45) is -9.37. The van der Waals surface area contributed by atoms with Crippen molar-refractivity contribution in [3.8, 4) is 22.5 Å². The van der Waals surface area contributed by atoms with Gasteiger partial charge in [-0.05, 0) is 18.2 Å². The summed E-state index contributed by atoms with van der Waals surface area (Å²) in [5.74, 6) is -3.32. The van der Waals surface area contributed by atoms with Crippen molar-refractivity contribution in [2.75, 3.05) is 18.4 Å². The number of halogens is 9. The van der Waals surface area contributed by atoms with Crippen molar-refractivity contribution in [3.05, 3.63) is 71.3 Å². The lowest BCUT2D eigenvalue weighted by Gasteiger charge is -2.18. The zero-order valence-electron chi connectivity index (χ0n) is 17.3. The molecular weight excluding hydrogens is 491 g/mol. The van der Waals surface area contributed by atoms with Crippen molar-refractivity contribution in [3.63, 3.8) is 0 Å². The number of fused-ring (bicyclic) bond motifs is 2. The van der Waals surface area contributed by atoms with Crippen LogP contribution in [0.3, 0.4) is 0 Å². The number of hydrogen-bond acceptors (Lipinski definition) is 3. The summed E-state index contributed by atoms with van der Waals surface area (Å²) in [6, 6.07) is 8.53. The van der Waals surface area contributed by atoms with Crippen LogP contribution in [0, 0.1) is 17.5 Å². The van der Waals surface area contributed by atoms with E-state index in [1.807, 2.05) is 5.32 Å². The van der Waals surface area contributed by atoms with Gasteiger partial charge in [-0.3, -0.25) is 4.99 Å². The van der Waals surface area contributed by atoms with Crippen LogP contribution in [0.1, 0.15) is 0 Å². The van der Waals surface area contributed by atoms with E-state index < -0.39 is 53.9 Å². The average Bonchev–Trinajstić information content (AvgIpc) is 2.75. The molecule has 35 heavy (non-hydrogen) atoms. The van der Waals surface area contributed by atoms with Gasteiger partial charge in [0.1, 0.15) is 41.9 Å². The molecule has 3 nitrogen and oxygen atoms in total. The molecule has 0 radical (unpaired) electrons. The molecule has 2 aromatic rings. The lowest BCUT2D eigenvalue weighted by atomic mass is 9.93. The summed E-state index contributed by atoms with van der Waals surface area (Å²) in [4.78, 5) is 3.18. The van der Waals surface area contributed by atoms with Gasteiger partial charge in [-0.25, -0.2) is 13.2 Å². The Morgan fingerprint density at radius 1 is 0.771 bits per heavy atom. The van der Waals surface area contributed by atoms with Crippen LogP contribution in [0.5, 0.6) is 0 Å². The van der Waals surface area contributed by atoms with Gasteiger partial charge in [0.25, 0.3) is 0 Å². The monoisotopic (exact) mass is 504 g/mol. The first-order valence-corrected chi connectivity index (χ1v) is 9.85. The largest absolute Gasteiger partial charge is 0.456 e. The first-order valence-electron chi connectivity index (χ1n) is 9.85. The Kier molecular flexibility index (Phi) is 6.16. The Morgan fingerprint density at radius 2 is 1.49 bits per heavy atom. The minimum atomic E-state index is -4.71. The first kappa shape index (κ1) is 24.4. The number of nitrogens with one attached hydrogen (secondary N) is 1. The zero-order chi connectivity index (χ0) is 25.5. The van der Waals surface area contributed by atoms with Crippen molar-refractivity contribution in [2.45, 2.75) is 12.4 Å². The van der Waals surface area contributed by atoms with Crippen LogP contribution in [0.2, 0.25) is 0 Å². The highest BCUT2D eigenvalue weighted by atomic mass is 19.4. The first-order chi connectivity index (χ1) is 16.3. The van der Waals surface area contributed by atoms with Gasteiger partial charge in [-0.15, -0.1) is 0 Å². The molecule has 2 aliphatic rings. The highest BCUT2D eigenvalue weighted by Crippen LogP contribution is 2.42. The molecule has 0 unspecified atom stereocenters. The van der Waals surface area contributed by atoms with Crippen LogP contribution < -0.4 is 10.7 Å². The molecule has 0 fully saturated rings. The number of nitrogens with zero attached hydrogens (tertiary/aromatic N) is 1. The Labute approximate surface area is 190 Å². The van der Waals surface area contributed by atoms with Crippen LogP contribution in [-0.4, -0.2) is 25.4 Å². The topological polar surface area (TPSA) is 37.5 Å². The van der Waals surface area contributed by atoms with Gasteiger partial charge in [-0.1, -0.05) is 18.2 Å². The van der Waals surface area contributed by atoms with E-state index in [1.165, 1.54) is 18.2 Å². The Hall–Kier alpha value is -3.70. The maximum Gasteiger partial charge on any atom is 0.407 e. The van der Waals surface area contributed by atoms with Crippen LogP contribution in [-0.2, 0) is 0 Å². The van der Waals surface area contributed by atoms with E-state index in [4.69, 9.17) is 4.42 Å². The molecular formula is C23H13F9N2O. The minimum absolute atomic E-state index is 0.0677. The molecule has 184 valence electrons. The molecule has 1 heterocycles. The summed E-state index contributed by atoms with van der Waals surface area (Å²) in [5.41, 5.74) is -1.10. The predicted molar refractivity (Wildman–Crippen MR) is 109 cm³/mol. The molecule has 12 heteroatoms. The van der Waals surface area contributed by atoms with Gasteiger partial charge in [-0.2, -0.15) is 26.3 Å². The fourth-order valence-electron chi connectivity index (χ4n) is 3.50. The van der Waals surface area contributed by atoms with E-state index in [-0.39, 0.29) is 33.4 Å². The molecule has 1 aliphatic carbocycles. The molecule has 1 aliphatic heterocycles. The second-order valence-corrected chi connectivity index (χ2v) is 7.49. The van der Waals surface area contributed by atoms with Crippen molar-refractivity contribution in [2.24, 2.45) is 4.99 Å². The van der Waals surface area contributed by atoms with Crippen molar-refractivity contribution in [1.29, 1.82) is 0 Å². The zero-order valence-corrected chi connectivity index (χ0v) is 17.3. The van der Waals surface area contributed by atoms with Gasteiger partial charge < -0.3 is 9.73 Å². The number of hydrogen-bond donors (Lipinski definition) is 1. The molecule has 4 rings (SSSR count). The Bertz CT molecular complexity index is 1440. The van der Waals surface area contributed by atoms with Crippen LogP contribution in [0.15, 0.2) is 57.9 Å². The third-order valence-corrected chi connectivity index (χ3v) is 4.93. The summed E-state index contributed by atoms with van der Waals surface area (Å²) in [7, 11) is 0. The third-order valence-electron chi connectivity index (χ3n) is 4.93. The predicted octanol–water partition coefficient (Wildman–Crippen LogP) is 7.06. The maximum atomic E-state index is 14.7. The maximum absolute atomic E-state index is 14.7. The van der Waals surface area contributed by atoms with Crippen molar-refractivity contribution >= 4 is 16.7 Å². The summed E-state index contributed by atoms with van der Waals surface area (Å²) >= 11 is 0. The van der Waals surface area contributed by atoms with Gasteiger partial charge in [0.2, 0.25) is 0 Å². The average molecular weight is 504 g/mol. The fraction of sp³-hybridized carbons (Fsp3) is 0.174. The Morgan fingerprint density at radius 3 is 2.14 bits per heavy atom. The SMILES string of the molecule is Fc1cc2c(-c3ccccc3F)c3cc(F)/c(=N\CC(F)(F)F)cc-3oc2cc1NCC(F)(F)F. The number of anilines is 1. The van der Waals surface area contributed by atoms with Crippen molar-refractivity contribution < 1.29 is 43.9 Å². The van der Waals surface area contributed by atoms with E-state index in [9.17, 15) is 39.5 Å². The highest BCUT2D eigenvalue weighted by molar-refractivity contribution is 6.02. The molecule has 2 aromatic carbocycles. The van der Waals surface area contributed by atoms with E-state index in [2.05, 4.69) is 4.99 Å². The summed E-state index contributed by atoms with van der Waals surface area (Å²) in [5, 5.41) is 1.08. The molecule has 0 saturated heterocycles. The summed E-state index contributed by atoms with van der Waals surface area (Å²) < 4.78 is 125. The van der Waals surface area contributed by atoms with Crippen LogP contribution in [0.25, 0.3) is 33.4 Å². The molecule has 0 atom stereocenters. The highest BCUT2D eigenvalue weighted by Gasteiger charge is 2.29. The van der Waals surface area contributed by atoms with Crippen molar-refractivity contribution in [1.82, 2.24) is 0 Å². The standard InChI is InChI=1S/C23H13F9N2O/c24-14-4-2-1-3-11(14)21-12-5-15(25)17(33-9-22(27,28)29)7-19(12)35-20-8-18(16(26)6-13(20)21)34-10-23(30,31)32/h1-8,33H,9-10H2/b34-18-.